The summed E-state index contributed by atoms with van der Waals surface area (Å²) in [4.78, 5) is 23.4. The topological polar surface area (TPSA) is 84.9 Å². The van der Waals surface area contributed by atoms with Gasteiger partial charge in [-0.2, -0.15) is 0 Å². The van der Waals surface area contributed by atoms with Gasteiger partial charge in [0.25, 0.3) is 5.91 Å². The summed E-state index contributed by atoms with van der Waals surface area (Å²) in [5, 5.41) is 11.8. The van der Waals surface area contributed by atoms with Gasteiger partial charge >= 0.3 is 5.97 Å². The number of nitrogens with one attached hydrogen (secondary N) is 1. The van der Waals surface area contributed by atoms with Crippen molar-refractivity contribution >= 4 is 11.9 Å². The summed E-state index contributed by atoms with van der Waals surface area (Å²) in [6.07, 6.45) is 2.60. The van der Waals surface area contributed by atoms with Crippen molar-refractivity contribution in [1.29, 1.82) is 0 Å². The number of benzene rings is 1. The minimum Gasteiger partial charge on any atom is -0.491 e. The minimum absolute atomic E-state index is 0.139. The van der Waals surface area contributed by atoms with Crippen molar-refractivity contribution in [2.75, 3.05) is 13.2 Å². The Hall–Kier alpha value is -2.08. The van der Waals surface area contributed by atoms with Crippen LogP contribution >= 0.6 is 0 Å². The third kappa shape index (κ3) is 5.53. The molecule has 1 amide bonds. The van der Waals surface area contributed by atoms with Crippen LogP contribution in [0.5, 0.6) is 5.75 Å². The van der Waals surface area contributed by atoms with E-state index in [0.717, 1.165) is 19.4 Å². The normalized spacial score (nSPS) is 18.4. The number of carbonyl (C=O) groups is 2. The van der Waals surface area contributed by atoms with Crippen LogP contribution in [0.2, 0.25) is 0 Å². The molecule has 1 aromatic carbocycles. The molecule has 0 bridgehead atoms. The summed E-state index contributed by atoms with van der Waals surface area (Å²) in [6, 6.07) is 5.81. The lowest BCUT2D eigenvalue weighted by atomic mass is 10.0. The zero-order valence-electron chi connectivity index (χ0n) is 14.2. The van der Waals surface area contributed by atoms with Crippen molar-refractivity contribution in [2.45, 2.75) is 45.3 Å². The molecule has 0 spiro atoms. The SMILES string of the molecule is CC(C)CC(NC(=O)c1ccc(OCC2CCCO2)cc1)C(=O)O. The van der Waals surface area contributed by atoms with E-state index in [9.17, 15) is 14.7 Å². The van der Waals surface area contributed by atoms with Gasteiger partial charge in [-0.25, -0.2) is 4.79 Å². The van der Waals surface area contributed by atoms with E-state index in [1.54, 1.807) is 24.3 Å². The number of aliphatic carboxylic acids is 1. The predicted octanol–water partition coefficient (Wildman–Crippen LogP) is 2.47. The van der Waals surface area contributed by atoms with Gasteiger partial charge < -0.3 is 19.9 Å². The highest BCUT2D eigenvalue weighted by atomic mass is 16.5. The fraction of sp³-hybridized carbons (Fsp3) is 0.556. The van der Waals surface area contributed by atoms with E-state index in [1.165, 1.54) is 0 Å². The van der Waals surface area contributed by atoms with Crippen molar-refractivity contribution in [3.05, 3.63) is 29.8 Å². The molecule has 0 radical (unpaired) electrons. The molecule has 2 N–H and O–H groups in total. The van der Waals surface area contributed by atoms with Gasteiger partial charge in [-0.1, -0.05) is 13.8 Å². The van der Waals surface area contributed by atoms with Gasteiger partial charge in [0.05, 0.1) is 6.10 Å². The Morgan fingerprint density at radius 3 is 2.58 bits per heavy atom. The molecule has 24 heavy (non-hydrogen) atoms. The van der Waals surface area contributed by atoms with E-state index in [-0.39, 0.29) is 12.0 Å². The second kappa shape index (κ2) is 8.68. The molecule has 1 heterocycles. The molecule has 1 saturated heterocycles. The molecule has 2 atom stereocenters. The van der Waals surface area contributed by atoms with Gasteiger partial charge in [0, 0.05) is 12.2 Å². The summed E-state index contributed by atoms with van der Waals surface area (Å²) in [7, 11) is 0. The van der Waals surface area contributed by atoms with Crippen molar-refractivity contribution in [3.63, 3.8) is 0 Å². The Bertz CT molecular complexity index is 549. The molecular weight excluding hydrogens is 310 g/mol. The largest absolute Gasteiger partial charge is 0.491 e. The highest BCUT2D eigenvalue weighted by Gasteiger charge is 2.22. The van der Waals surface area contributed by atoms with Crippen LogP contribution in [0.4, 0.5) is 0 Å². The number of hydrogen-bond acceptors (Lipinski definition) is 4. The minimum atomic E-state index is -1.02. The summed E-state index contributed by atoms with van der Waals surface area (Å²) in [5.74, 6) is -0.568. The van der Waals surface area contributed by atoms with E-state index in [2.05, 4.69) is 5.32 Å². The van der Waals surface area contributed by atoms with E-state index in [4.69, 9.17) is 9.47 Å². The molecule has 1 fully saturated rings. The highest BCUT2D eigenvalue weighted by molar-refractivity contribution is 5.96. The fourth-order valence-electron chi connectivity index (χ4n) is 2.60. The van der Waals surface area contributed by atoms with Gasteiger partial charge in [0.15, 0.2) is 0 Å². The van der Waals surface area contributed by atoms with Crippen molar-refractivity contribution in [2.24, 2.45) is 5.92 Å². The maximum Gasteiger partial charge on any atom is 0.326 e. The van der Waals surface area contributed by atoms with Crippen LogP contribution < -0.4 is 10.1 Å². The number of carboxylic acids is 1. The molecule has 2 unspecified atom stereocenters. The third-order valence-electron chi connectivity index (χ3n) is 3.89. The molecule has 6 heteroatoms. The maximum absolute atomic E-state index is 12.2. The molecule has 132 valence electrons. The molecular formula is C18H25NO5. The summed E-state index contributed by atoms with van der Waals surface area (Å²) < 4.78 is 11.1. The average Bonchev–Trinajstić information content (AvgIpc) is 3.05. The average molecular weight is 335 g/mol. The second-order valence-electron chi connectivity index (χ2n) is 6.46. The van der Waals surface area contributed by atoms with E-state index in [0.29, 0.717) is 24.3 Å². The lowest BCUT2D eigenvalue weighted by Gasteiger charge is -2.16. The van der Waals surface area contributed by atoms with E-state index in [1.807, 2.05) is 13.8 Å². The molecule has 6 nitrogen and oxygen atoms in total. The Morgan fingerprint density at radius 1 is 1.33 bits per heavy atom. The van der Waals surface area contributed by atoms with Crippen LogP contribution in [0, 0.1) is 5.92 Å². The van der Waals surface area contributed by atoms with E-state index >= 15 is 0 Å². The maximum atomic E-state index is 12.2. The molecule has 0 aliphatic carbocycles. The monoisotopic (exact) mass is 335 g/mol. The number of hydrogen-bond donors (Lipinski definition) is 2. The molecule has 1 aliphatic heterocycles. The zero-order chi connectivity index (χ0) is 17.5. The van der Waals surface area contributed by atoms with Crippen LogP contribution in [-0.4, -0.2) is 42.3 Å². The summed E-state index contributed by atoms with van der Waals surface area (Å²) in [5.41, 5.74) is 0.412. The van der Waals surface area contributed by atoms with Gasteiger partial charge in [0.1, 0.15) is 18.4 Å². The van der Waals surface area contributed by atoms with Crippen LogP contribution in [0.3, 0.4) is 0 Å². The van der Waals surface area contributed by atoms with E-state index < -0.39 is 17.9 Å². The Balaban J connectivity index is 1.88. The first-order valence-corrected chi connectivity index (χ1v) is 8.34. The Morgan fingerprint density at radius 2 is 2.04 bits per heavy atom. The molecule has 2 rings (SSSR count). The predicted molar refractivity (Wildman–Crippen MR) is 89.3 cm³/mol. The van der Waals surface area contributed by atoms with Crippen LogP contribution in [0.1, 0.15) is 43.5 Å². The molecule has 0 saturated carbocycles. The van der Waals surface area contributed by atoms with Gasteiger partial charge in [-0.05, 0) is 49.4 Å². The van der Waals surface area contributed by atoms with Crippen molar-refractivity contribution in [3.8, 4) is 5.75 Å². The van der Waals surface area contributed by atoms with Crippen LogP contribution in [0.15, 0.2) is 24.3 Å². The first kappa shape index (κ1) is 18.3. The third-order valence-corrected chi connectivity index (χ3v) is 3.89. The number of carbonyl (C=O) groups excluding carboxylic acids is 1. The highest BCUT2D eigenvalue weighted by Crippen LogP contribution is 2.17. The number of carboxylic acid groups (broad SMARTS) is 1. The summed E-state index contributed by atoms with van der Waals surface area (Å²) in [6.45, 7) is 5.12. The molecule has 1 aliphatic rings. The Labute approximate surface area is 142 Å². The molecule has 0 aromatic heterocycles. The second-order valence-corrected chi connectivity index (χ2v) is 6.46. The van der Waals surface area contributed by atoms with Gasteiger partial charge in [-0.15, -0.1) is 0 Å². The quantitative estimate of drug-likeness (QED) is 0.762. The first-order chi connectivity index (χ1) is 11.5. The Kier molecular flexibility index (Phi) is 6.61. The smallest absolute Gasteiger partial charge is 0.326 e. The van der Waals surface area contributed by atoms with Crippen molar-refractivity contribution < 1.29 is 24.2 Å². The number of rotatable bonds is 8. The van der Waals surface area contributed by atoms with Crippen LogP contribution in [0.25, 0.3) is 0 Å². The lowest BCUT2D eigenvalue weighted by Crippen LogP contribution is -2.41. The van der Waals surface area contributed by atoms with Gasteiger partial charge in [-0.3, -0.25) is 4.79 Å². The summed E-state index contributed by atoms with van der Waals surface area (Å²) >= 11 is 0. The van der Waals surface area contributed by atoms with Crippen molar-refractivity contribution in [1.82, 2.24) is 5.32 Å². The standard InChI is InChI=1S/C18H25NO5/c1-12(2)10-16(18(21)22)19-17(20)13-5-7-14(8-6-13)24-11-15-4-3-9-23-15/h5-8,12,15-16H,3-4,9-11H2,1-2H3,(H,19,20)(H,21,22). The lowest BCUT2D eigenvalue weighted by molar-refractivity contribution is -0.139. The van der Waals surface area contributed by atoms with Gasteiger partial charge in [0.2, 0.25) is 0 Å². The molecule has 1 aromatic rings. The van der Waals surface area contributed by atoms with Crippen LogP contribution in [-0.2, 0) is 9.53 Å². The zero-order valence-corrected chi connectivity index (χ0v) is 14.2. The fourth-order valence-corrected chi connectivity index (χ4v) is 2.60. The first-order valence-electron chi connectivity index (χ1n) is 8.34. The number of ether oxygens (including phenoxy) is 2. The number of amides is 1.